The van der Waals surface area contributed by atoms with Crippen molar-refractivity contribution < 1.29 is 19.8 Å². The van der Waals surface area contributed by atoms with Gasteiger partial charge in [-0.1, -0.05) is 6.07 Å². The highest BCUT2D eigenvalue weighted by atomic mass is 16.4. The predicted octanol–water partition coefficient (Wildman–Crippen LogP) is 3.47. The Hall–Kier alpha value is -4.73. The van der Waals surface area contributed by atoms with Gasteiger partial charge in [0.15, 0.2) is 0 Å². The van der Waals surface area contributed by atoms with Crippen LogP contribution >= 0.6 is 0 Å². The fraction of sp³-hybridized carbons (Fsp3) is 0.0455. The van der Waals surface area contributed by atoms with Gasteiger partial charge in [-0.25, -0.2) is 19.7 Å². The number of aryl methyl sites for hydroxylation is 1. The molecule has 3 N–H and O–H groups in total. The second kappa shape index (κ2) is 12.8. The van der Waals surface area contributed by atoms with Crippen LogP contribution in [0.1, 0.15) is 16.1 Å². The summed E-state index contributed by atoms with van der Waals surface area (Å²) >= 11 is 0. The highest BCUT2D eigenvalue weighted by Gasteiger charge is 2.04. The normalized spacial score (nSPS) is 9.28. The topological polar surface area (TPSA) is 151 Å². The molecular weight excluding hydrogens is 412 g/mol. The first kappa shape index (κ1) is 23.5. The molecule has 0 aliphatic rings. The van der Waals surface area contributed by atoms with E-state index in [4.69, 9.17) is 15.0 Å². The summed E-state index contributed by atoms with van der Waals surface area (Å²) in [6, 6.07) is 12.4. The number of hydrogen-bond donors (Lipinski definition) is 3. The van der Waals surface area contributed by atoms with Crippen LogP contribution in [0.25, 0.3) is 11.3 Å². The molecule has 0 saturated carbocycles. The van der Waals surface area contributed by atoms with Crippen LogP contribution in [0.5, 0.6) is 0 Å². The molecule has 0 amide bonds. The molecule has 10 heteroatoms. The maximum absolute atomic E-state index is 10.1. The average Bonchev–Trinajstić information content (AvgIpc) is 2.83. The molecule has 0 spiro atoms. The predicted molar refractivity (Wildman–Crippen MR) is 117 cm³/mol. The summed E-state index contributed by atoms with van der Waals surface area (Å²) in [5.41, 5.74) is 3.87. The molecule has 4 aromatic rings. The average molecular weight is 432 g/mol. The summed E-state index contributed by atoms with van der Waals surface area (Å²) in [6.07, 6.45) is 10.2. The molecule has 0 radical (unpaired) electrons. The van der Waals surface area contributed by atoms with Crippen molar-refractivity contribution in [2.75, 3.05) is 5.32 Å². The number of rotatable bonds is 4. The molecule has 0 saturated heterocycles. The summed E-state index contributed by atoms with van der Waals surface area (Å²) in [7, 11) is 0. The zero-order chi connectivity index (χ0) is 23.2. The molecule has 32 heavy (non-hydrogen) atoms. The third kappa shape index (κ3) is 7.59. The highest BCUT2D eigenvalue weighted by molar-refractivity contribution is 5.85. The Bertz CT molecular complexity index is 1130. The molecule has 0 aromatic carbocycles. The Morgan fingerprint density at radius 3 is 2.31 bits per heavy atom. The van der Waals surface area contributed by atoms with E-state index >= 15 is 0 Å². The van der Waals surface area contributed by atoms with Gasteiger partial charge in [-0.3, -0.25) is 14.8 Å². The number of aromatic carboxylic acids is 1. The van der Waals surface area contributed by atoms with Crippen molar-refractivity contribution in [2.45, 2.75) is 6.92 Å². The van der Waals surface area contributed by atoms with Gasteiger partial charge in [-0.15, -0.1) is 0 Å². The van der Waals surface area contributed by atoms with Gasteiger partial charge < -0.3 is 15.5 Å². The minimum atomic E-state index is -0.990. The fourth-order valence-electron chi connectivity index (χ4n) is 2.32. The van der Waals surface area contributed by atoms with E-state index in [-0.39, 0.29) is 12.2 Å². The van der Waals surface area contributed by atoms with Crippen molar-refractivity contribution in [2.24, 2.45) is 0 Å². The zero-order valence-electron chi connectivity index (χ0n) is 17.0. The maximum Gasteiger partial charge on any atom is 0.354 e. The molecule has 0 bridgehead atoms. The Balaban J connectivity index is 0.000000252. The van der Waals surface area contributed by atoms with Gasteiger partial charge in [0.25, 0.3) is 6.47 Å². The highest BCUT2D eigenvalue weighted by Crippen LogP contribution is 2.19. The van der Waals surface area contributed by atoms with Crippen LogP contribution in [0, 0.1) is 6.92 Å². The third-order valence-electron chi connectivity index (χ3n) is 3.76. The van der Waals surface area contributed by atoms with Crippen molar-refractivity contribution >= 4 is 24.1 Å². The summed E-state index contributed by atoms with van der Waals surface area (Å²) in [5.74, 6) is -0.434. The Morgan fingerprint density at radius 2 is 1.72 bits per heavy atom. The van der Waals surface area contributed by atoms with Crippen LogP contribution < -0.4 is 5.32 Å². The van der Waals surface area contributed by atoms with Gasteiger partial charge in [0.05, 0.1) is 5.69 Å². The number of carbonyl (C=O) groups is 2. The van der Waals surface area contributed by atoms with Gasteiger partial charge in [0.2, 0.25) is 5.95 Å². The molecular formula is C22H20N6O4. The van der Waals surface area contributed by atoms with Gasteiger partial charge in [0.1, 0.15) is 5.69 Å². The first-order valence-electron chi connectivity index (χ1n) is 9.18. The largest absolute Gasteiger partial charge is 0.483 e. The van der Waals surface area contributed by atoms with Crippen LogP contribution in [0.2, 0.25) is 0 Å². The lowest BCUT2D eigenvalue weighted by atomic mass is 10.2. The molecule has 0 aliphatic heterocycles. The summed E-state index contributed by atoms with van der Waals surface area (Å²) in [4.78, 5) is 39.0. The van der Waals surface area contributed by atoms with Crippen molar-refractivity contribution in [3.8, 4) is 11.3 Å². The molecule has 0 aliphatic carbocycles. The second-order valence-corrected chi connectivity index (χ2v) is 5.95. The molecule has 162 valence electrons. The van der Waals surface area contributed by atoms with E-state index < -0.39 is 5.97 Å². The number of carboxylic acid groups (broad SMARTS) is 2. The Kier molecular flexibility index (Phi) is 9.38. The molecule has 4 heterocycles. The quantitative estimate of drug-likeness (QED) is 0.409. The number of pyridine rings is 3. The molecule has 0 unspecified atom stereocenters. The summed E-state index contributed by atoms with van der Waals surface area (Å²) in [6.45, 7) is 1.74. The lowest BCUT2D eigenvalue weighted by Gasteiger charge is -2.08. The second-order valence-electron chi connectivity index (χ2n) is 5.95. The van der Waals surface area contributed by atoms with Gasteiger partial charge in [-0.05, 0) is 48.9 Å². The zero-order valence-corrected chi connectivity index (χ0v) is 17.0. The number of carboxylic acids is 1. The fourth-order valence-corrected chi connectivity index (χ4v) is 2.32. The smallest absolute Gasteiger partial charge is 0.354 e. The number of hydrogen-bond acceptors (Lipinski definition) is 8. The van der Waals surface area contributed by atoms with Crippen LogP contribution in [0.3, 0.4) is 0 Å². The van der Waals surface area contributed by atoms with E-state index in [2.05, 4.69) is 30.2 Å². The van der Waals surface area contributed by atoms with Crippen LogP contribution in [0.4, 0.5) is 11.6 Å². The van der Waals surface area contributed by atoms with Gasteiger partial charge in [0, 0.05) is 48.4 Å². The van der Waals surface area contributed by atoms with E-state index in [0.717, 1.165) is 22.5 Å². The maximum atomic E-state index is 10.1. The Labute approximate surface area is 183 Å². The Morgan fingerprint density at radius 1 is 0.938 bits per heavy atom. The third-order valence-corrected chi connectivity index (χ3v) is 3.76. The van der Waals surface area contributed by atoms with Gasteiger partial charge in [-0.2, -0.15) is 0 Å². The first-order chi connectivity index (χ1) is 15.5. The van der Waals surface area contributed by atoms with E-state index in [0.29, 0.717) is 5.95 Å². The van der Waals surface area contributed by atoms with Crippen molar-refractivity contribution in [1.29, 1.82) is 0 Å². The first-order valence-corrected chi connectivity index (χ1v) is 9.18. The SMILES string of the molecule is Cc1cnccc1Nc1nccc(-c2cccnc2)n1.O=C(O)c1ccccn1.O=CO. The number of aromatic nitrogens is 5. The van der Waals surface area contributed by atoms with Gasteiger partial charge >= 0.3 is 5.97 Å². The lowest BCUT2D eigenvalue weighted by molar-refractivity contribution is -0.122. The monoisotopic (exact) mass is 432 g/mol. The van der Waals surface area contributed by atoms with E-state index in [1.165, 1.54) is 12.3 Å². The summed E-state index contributed by atoms with van der Waals surface area (Å²) < 4.78 is 0. The number of anilines is 2. The molecule has 0 atom stereocenters. The van der Waals surface area contributed by atoms with E-state index in [1.807, 2.05) is 31.2 Å². The number of nitrogens with zero attached hydrogens (tertiary/aromatic N) is 5. The lowest BCUT2D eigenvalue weighted by Crippen LogP contribution is -1.99. The molecule has 0 fully saturated rings. The minimum Gasteiger partial charge on any atom is -0.483 e. The summed E-state index contributed by atoms with van der Waals surface area (Å²) in [5, 5.41) is 18.4. The van der Waals surface area contributed by atoms with Crippen LogP contribution in [-0.2, 0) is 4.79 Å². The standard InChI is InChI=1S/C15H13N5.C6H5NO2.CH2O2/c1-11-9-17-7-4-13(11)19-15-18-8-5-14(20-15)12-3-2-6-16-10-12;8-6(9)5-3-1-2-4-7-5;2-1-3/h2-10H,1H3,(H,17,18,19,20);1-4H,(H,8,9);1H,(H,2,3). The van der Waals surface area contributed by atoms with E-state index in [1.54, 1.807) is 43.1 Å². The molecule has 4 rings (SSSR count). The molecule has 4 aromatic heterocycles. The number of nitrogens with one attached hydrogen (secondary N) is 1. The minimum absolute atomic E-state index is 0.0810. The van der Waals surface area contributed by atoms with Crippen LogP contribution in [-0.4, -0.2) is 47.6 Å². The van der Waals surface area contributed by atoms with E-state index in [9.17, 15) is 4.79 Å². The van der Waals surface area contributed by atoms with Crippen molar-refractivity contribution in [3.05, 3.63) is 90.9 Å². The van der Waals surface area contributed by atoms with Crippen molar-refractivity contribution in [1.82, 2.24) is 24.9 Å². The van der Waals surface area contributed by atoms with Crippen LogP contribution in [0.15, 0.2) is 79.6 Å². The van der Waals surface area contributed by atoms with Crippen molar-refractivity contribution in [3.63, 3.8) is 0 Å². The molecule has 10 nitrogen and oxygen atoms in total.